The molecule has 5 nitrogen and oxygen atoms in total. The number of rotatable bonds is 1. The Morgan fingerprint density at radius 2 is 2.12 bits per heavy atom. The lowest BCUT2D eigenvalue weighted by atomic mass is 9.78. The van der Waals surface area contributed by atoms with Gasteiger partial charge in [0.25, 0.3) is 0 Å². The largest absolute Gasteiger partial charge is 0.467 e. The van der Waals surface area contributed by atoms with Crippen molar-refractivity contribution in [3.8, 4) is 0 Å². The van der Waals surface area contributed by atoms with Crippen LogP contribution in [0.2, 0.25) is 0 Å². The maximum Gasteiger partial charge on any atom is 0.345 e. The Balaban J connectivity index is 2.23. The third-order valence-electron chi connectivity index (χ3n) is 3.52. The van der Waals surface area contributed by atoms with Crippen molar-refractivity contribution in [1.29, 1.82) is 0 Å². The van der Waals surface area contributed by atoms with E-state index in [2.05, 4.69) is 0 Å². The van der Waals surface area contributed by atoms with E-state index in [0.717, 1.165) is 5.56 Å². The Hall–Kier alpha value is -1.43. The van der Waals surface area contributed by atoms with Crippen molar-refractivity contribution in [1.82, 2.24) is 0 Å². The number of benzene rings is 1. The highest BCUT2D eigenvalue weighted by atomic mass is 16.6. The fourth-order valence-electron chi connectivity index (χ4n) is 2.73. The smallest absolute Gasteiger partial charge is 0.345 e. The molecule has 2 bridgehead atoms. The highest BCUT2D eigenvalue weighted by Crippen LogP contribution is 2.55. The molecule has 2 heterocycles. The summed E-state index contributed by atoms with van der Waals surface area (Å²) in [6.45, 7) is 0. The van der Waals surface area contributed by atoms with Crippen LogP contribution in [0, 0.1) is 0 Å². The van der Waals surface area contributed by atoms with Gasteiger partial charge in [0.15, 0.2) is 0 Å². The Kier molecular flexibility index (Phi) is 2.07. The Morgan fingerprint density at radius 1 is 1.41 bits per heavy atom. The monoisotopic (exact) mass is 236 g/mol. The van der Waals surface area contributed by atoms with E-state index in [1.54, 1.807) is 24.3 Å². The summed E-state index contributed by atoms with van der Waals surface area (Å²) in [4.78, 5) is 11.9. The van der Waals surface area contributed by atoms with Gasteiger partial charge in [-0.2, -0.15) is 0 Å². The van der Waals surface area contributed by atoms with E-state index >= 15 is 0 Å². The van der Waals surface area contributed by atoms with Crippen molar-refractivity contribution >= 4 is 5.97 Å². The van der Waals surface area contributed by atoms with Crippen LogP contribution in [-0.2, 0) is 19.9 Å². The number of ether oxygens (including phenoxy) is 2. The number of fused-ring (bicyclic) bond motifs is 5. The average Bonchev–Trinajstić information content (AvgIpc) is 2.84. The number of hydrogen-bond donors (Lipinski definition) is 2. The Bertz CT molecular complexity index is 486. The highest BCUT2D eigenvalue weighted by Gasteiger charge is 2.66. The van der Waals surface area contributed by atoms with Gasteiger partial charge in [-0.1, -0.05) is 24.3 Å². The Labute approximate surface area is 97.6 Å². The molecule has 0 radical (unpaired) electrons. The molecular formula is C12H12O5. The molecule has 90 valence electrons. The van der Waals surface area contributed by atoms with Crippen molar-refractivity contribution in [3.63, 3.8) is 0 Å². The van der Waals surface area contributed by atoms with E-state index in [4.69, 9.17) is 9.47 Å². The molecule has 1 aromatic carbocycles. The SMILES string of the molecule is COC(=O)C12OC(c3ccccc31)C(O)C2O. The number of methoxy groups -OCH3 is 1. The minimum absolute atomic E-state index is 0.578. The van der Waals surface area contributed by atoms with E-state index in [9.17, 15) is 15.0 Å². The van der Waals surface area contributed by atoms with Crippen LogP contribution >= 0.6 is 0 Å². The molecule has 17 heavy (non-hydrogen) atoms. The van der Waals surface area contributed by atoms with Gasteiger partial charge in [0.2, 0.25) is 5.60 Å². The van der Waals surface area contributed by atoms with Gasteiger partial charge in [-0.25, -0.2) is 4.79 Å². The van der Waals surface area contributed by atoms with Crippen LogP contribution in [0.25, 0.3) is 0 Å². The molecule has 1 saturated heterocycles. The van der Waals surface area contributed by atoms with Gasteiger partial charge >= 0.3 is 5.97 Å². The standard InChI is InChI=1S/C12H12O5/c1-16-11(15)12-7-5-3-2-4-6(7)9(17-12)8(13)10(12)14/h2-5,8-10,13-14H,1H3. The van der Waals surface area contributed by atoms with Gasteiger partial charge in [-0.05, 0) is 5.56 Å². The molecule has 0 aromatic heterocycles. The van der Waals surface area contributed by atoms with Gasteiger partial charge in [0.1, 0.15) is 18.3 Å². The first-order valence-corrected chi connectivity index (χ1v) is 5.34. The summed E-state index contributed by atoms with van der Waals surface area (Å²) in [5.74, 6) is -0.684. The molecule has 5 heteroatoms. The second-order valence-electron chi connectivity index (χ2n) is 4.29. The average molecular weight is 236 g/mol. The van der Waals surface area contributed by atoms with Crippen molar-refractivity contribution in [2.75, 3.05) is 7.11 Å². The van der Waals surface area contributed by atoms with E-state index < -0.39 is 29.9 Å². The fraction of sp³-hybridized carbons (Fsp3) is 0.417. The van der Waals surface area contributed by atoms with Gasteiger partial charge in [-0.3, -0.25) is 0 Å². The zero-order valence-corrected chi connectivity index (χ0v) is 9.16. The van der Waals surface area contributed by atoms with Crippen LogP contribution in [0.5, 0.6) is 0 Å². The topological polar surface area (TPSA) is 76.0 Å². The minimum atomic E-state index is -1.57. The van der Waals surface area contributed by atoms with Crippen molar-refractivity contribution in [2.24, 2.45) is 0 Å². The number of carbonyl (C=O) groups excluding carboxylic acids is 1. The summed E-state index contributed by atoms with van der Waals surface area (Å²) in [5.41, 5.74) is -0.263. The summed E-state index contributed by atoms with van der Waals surface area (Å²) in [5, 5.41) is 19.9. The summed E-state index contributed by atoms with van der Waals surface area (Å²) < 4.78 is 10.2. The third-order valence-corrected chi connectivity index (χ3v) is 3.52. The van der Waals surface area contributed by atoms with Crippen molar-refractivity contribution in [2.45, 2.75) is 23.9 Å². The third kappa shape index (κ3) is 1.06. The van der Waals surface area contributed by atoms with Crippen LogP contribution in [-0.4, -0.2) is 35.5 Å². The van der Waals surface area contributed by atoms with Crippen molar-refractivity contribution in [3.05, 3.63) is 35.4 Å². The first-order chi connectivity index (χ1) is 8.13. The molecule has 3 rings (SSSR count). The second-order valence-corrected chi connectivity index (χ2v) is 4.29. The van der Waals surface area contributed by atoms with Crippen LogP contribution in [0.4, 0.5) is 0 Å². The molecule has 0 aliphatic carbocycles. The zero-order chi connectivity index (χ0) is 12.2. The van der Waals surface area contributed by atoms with Gasteiger partial charge < -0.3 is 19.7 Å². The molecule has 1 aromatic rings. The number of aliphatic hydroxyl groups excluding tert-OH is 2. The van der Waals surface area contributed by atoms with Crippen molar-refractivity contribution < 1.29 is 24.5 Å². The summed E-state index contributed by atoms with van der Waals surface area (Å²) in [7, 11) is 1.23. The lowest BCUT2D eigenvalue weighted by Gasteiger charge is -2.29. The number of aliphatic hydroxyl groups is 2. The first kappa shape index (κ1) is 10.7. The molecule has 0 spiro atoms. The number of hydrogen-bond acceptors (Lipinski definition) is 5. The van der Waals surface area contributed by atoms with Crippen LogP contribution in [0.1, 0.15) is 17.2 Å². The summed E-state index contributed by atoms with van der Waals surface area (Å²) >= 11 is 0. The predicted octanol–water partition coefficient (Wildman–Crippen LogP) is -0.138. The molecule has 2 N–H and O–H groups in total. The fourth-order valence-corrected chi connectivity index (χ4v) is 2.73. The maximum absolute atomic E-state index is 11.9. The zero-order valence-electron chi connectivity index (χ0n) is 9.16. The van der Waals surface area contributed by atoms with E-state index in [-0.39, 0.29) is 0 Å². The first-order valence-electron chi connectivity index (χ1n) is 5.34. The Morgan fingerprint density at radius 3 is 2.82 bits per heavy atom. The molecule has 1 fully saturated rings. The lowest BCUT2D eigenvalue weighted by Crippen LogP contribution is -2.49. The van der Waals surface area contributed by atoms with Crippen LogP contribution in [0.15, 0.2) is 24.3 Å². The quantitative estimate of drug-likeness (QED) is 0.664. The minimum Gasteiger partial charge on any atom is -0.467 e. The van der Waals surface area contributed by atoms with Crippen LogP contribution < -0.4 is 0 Å². The van der Waals surface area contributed by atoms with Gasteiger partial charge in [-0.15, -0.1) is 0 Å². The highest BCUT2D eigenvalue weighted by molar-refractivity contribution is 5.85. The molecule has 4 unspecified atom stereocenters. The van der Waals surface area contributed by atoms with Gasteiger partial charge in [0, 0.05) is 5.56 Å². The summed E-state index contributed by atoms with van der Waals surface area (Å²) in [6.07, 6.45) is -3.07. The van der Waals surface area contributed by atoms with Crippen LogP contribution in [0.3, 0.4) is 0 Å². The van der Waals surface area contributed by atoms with Gasteiger partial charge in [0.05, 0.1) is 7.11 Å². The number of esters is 1. The molecule has 0 amide bonds. The molecular weight excluding hydrogens is 224 g/mol. The normalized spacial score (nSPS) is 37.9. The lowest BCUT2D eigenvalue weighted by molar-refractivity contribution is -0.175. The summed E-state index contributed by atoms with van der Waals surface area (Å²) in [6, 6.07) is 7.04. The molecule has 2 aliphatic rings. The van der Waals surface area contributed by atoms with E-state index in [1.165, 1.54) is 7.11 Å². The molecule has 2 aliphatic heterocycles. The maximum atomic E-state index is 11.9. The van der Waals surface area contributed by atoms with E-state index in [1.807, 2.05) is 0 Å². The predicted molar refractivity (Wildman–Crippen MR) is 56.0 cm³/mol. The number of carbonyl (C=O) groups is 1. The molecule has 0 saturated carbocycles. The second kappa shape index (κ2) is 3.29. The molecule has 4 atom stereocenters. The van der Waals surface area contributed by atoms with E-state index in [0.29, 0.717) is 5.56 Å².